The van der Waals surface area contributed by atoms with Crippen LogP contribution in [0, 0.1) is 0 Å². The van der Waals surface area contributed by atoms with Gasteiger partial charge in [-0.15, -0.1) is 0 Å². The molecule has 0 amide bonds. The van der Waals surface area contributed by atoms with Crippen molar-refractivity contribution >= 4 is 21.9 Å². The molecule has 5 heteroatoms. The number of nitrogens with zero attached hydrogens (tertiary/aromatic N) is 1. The maximum absolute atomic E-state index is 11.0. The SMILES string of the molecule is COc1nc(C2CC2)cc(C(=O)O)c1Br. The van der Waals surface area contributed by atoms with E-state index in [1.54, 1.807) is 6.07 Å². The van der Waals surface area contributed by atoms with Gasteiger partial charge in [-0.2, -0.15) is 0 Å². The van der Waals surface area contributed by atoms with E-state index in [4.69, 9.17) is 9.84 Å². The molecule has 0 bridgehead atoms. The molecule has 4 nitrogen and oxygen atoms in total. The van der Waals surface area contributed by atoms with E-state index in [0.717, 1.165) is 18.5 Å². The maximum atomic E-state index is 11.0. The number of carboxylic acid groups (broad SMARTS) is 1. The Morgan fingerprint density at radius 3 is 2.80 bits per heavy atom. The fourth-order valence-electron chi connectivity index (χ4n) is 1.40. The number of carboxylic acids is 1. The maximum Gasteiger partial charge on any atom is 0.337 e. The Bertz CT molecular complexity index is 415. The molecule has 0 aliphatic heterocycles. The molecule has 1 aromatic rings. The van der Waals surface area contributed by atoms with Crippen LogP contribution >= 0.6 is 15.9 Å². The van der Waals surface area contributed by atoms with Crippen LogP contribution in [-0.4, -0.2) is 23.2 Å². The lowest BCUT2D eigenvalue weighted by Gasteiger charge is -2.07. The molecule has 1 fully saturated rings. The lowest BCUT2D eigenvalue weighted by Crippen LogP contribution is -2.03. The van der Waals surface area contributed by atoms with E-state index in [1.807, 2.05) is 0 Å². The van der Waals surface area contributed by atoms with E-state index in [1.165, 1.54) is 7.11 Å². The second kappa shape index (κ2) is 3.81. The summed E-state index contributed by atoms with van der Waals surface area (Å²) in [7, 11) is 1.48. The zero-order valence-electron chi connectivity index (χ0n) is 8.16. The summed E-state index contributed by atoms with van der Waals surface area (Å²) in [5.74, 6) is -0.216. The number of rotatable bonds is 3. The summed E-state index contributed by atoms with van der Waals surface area (Å²) < 4.78 is 5.44. The lowest BCUT2D eigenvalue weighted by molar-refractivity contribution is 0.0695. The summed E-state index contributed by atoms with van der Waals surface area (Å²) in [5, 5.41) is 9.00. The molecule has 0 saturated heterocycles. The number of aromatic nitrogens is 1. The second-order valence-corrected chi connectivity index (χ2v) is 4.29. The molecule has 0 aromatic carbocycles. The molecular formula is C10H10BrNO3. The molecule has 15 heavy (non-hydrogen) atoms. The van der Waals surface area contributed by atoms with Gasteiger partial charge in [0.15, 0.2) is 0 Å². The van der Waals surface area contributed by atoms with Gasteiger partial charge < -0.3 is 9.84 Å². The molecule has 1 aromatic heterocycles. The standard InChI is InChI=1S/C10H10BrNO3/c1-15-9-8(11)6(10(13)14)4-7(12-9)5-2-3-5/h4-5H,2-3H2,1H3,(H,13,14). The Morgan fingerprint density at radius 1 is 1.67 bits per heavy atom. The fraction of sp³-hybridized carbons (Fsp3) is 0.400. The number of ether oxygens (including phenoxy) is 1. The predicted octanol–water partition coefficient (Wildman–Crippen LogP) is 2.43. The highest BCUT2D eigenvalue weighted by molar-refractivity contribution is 9.10. The van der Waals surface area contributed by atoms with E-state index >= 15 is 0 Å². The quantitative estimate of drug-likeness (QED) is 0.918. The van der Waals surface area contributed by atoms with Crippen LogP contribution in [0.15, 0.2) is 10.5 Å². The van der Waals surface area contributed by atoms with Crippen LogP contribution in [0.2, 0.25) is 0 Å². The number of methoxy groups -OCH3 is 1. The van der Waals surface area contributed by atoms with Crippen molar-refractivity contribution < 1.29 is 14.6 Å². The smallest absolute Gasteiger partial charge is 0.337 e. The molecule has 1 aliphatic carbocycles. The Labute approximate surface area is 95.4 Å². The molecule has 0 unspecified atom stereocenters. The highest BCUT2D eigenvalue weighted by atomic mass is 79.9. The van der Waals surface area contributed by atoms with Gasteiger partial charge in [0.25, 0.3) is 0 Å². The van der Waals surface area contributed by atoms with Crippen molar-refractivity contribution in [1.82, 2.24) is 4.98 Å². The minimum Gasteiger partial charge on any atom is -0.480 e. The van der Waals surface area contributed by atoms with Crippen LogP contribution < -0.4 is 4.74 Å². The van der Waals surface area contributed by atoms with E-state index in [9.17, 15) is 4.79 Å². The van der Waals surface area contributed by atoms with Gasteiger partial charge in [-0.3, -0.25) is 0 Å². The second-order valence-electron chi connectivity index (χ2n) is 3.50. The summed E-state index contributed by atoms with van der Waals surface area (Å²) in [6.45, 7) is 0. The largest absolute Gasteiger partial charge is 0.480 e. The van der Waals surface area contributed by atoms with Crippen molar-refractivity contribution in [3.05, 3.63) is 21.8 Å². The molecule has 80 valence electrons. The Kier molecular flexibility index (Phi) is 2.65. The Morgan fingerprint density at radius 2 is 2.33 bits per heavy atom. The third-order valence-electron chi connectivity index (χ3n) is 2.37. The molecule has 2 rings (SSSR count). The first-order valence-corrected chi connectivity index (χ1v) is 5.40. The molecular weight excluding hydrogens is 262 g/mol. The third-order valence-corrected chi connectivity index (χ3v) is 3.13. The average molecular weight is 272 g/mol. The van der Waals surface area contributed by atoms with Gasteiger partial charge in [0.05, 0.1) is 17.1 Å². The highest BCUT2D eigenvalue weighted by Gasteiger charge is 2.28. The van der Waals surface area contributed by atoms with Gasteiger partial charge in [0, 0.05) is 11.6 Å². The van der Waals surface area contributed by atoms with Crippen LogP contribution in [0.5, 0.6) is 5.88 Å². The van der Waals surface area contributed by atoms with Gasteiger partial charge in [-0.1, -0.05) is 0 Å². The summed E-state index contributed by atoms with van der Waals surface area (Å²) in [5.41, 5.74) is 1.02. The first-order chi connectivity index (χ1) is 7.13. The van der Waals surface area contributed by atoms with Gasteiger partial charge in [0.1, 0.15) is 0 Å². The first-order valence-electron chi connectivity index (χ1n) is 4.61. The zero-order chi connectivity index (χ0) is 11.0. The highest BCUT2D eigenvalue weighted by Crippen LogP contribution is 2.41. The summed E-state index contributed by atoms with van der Waals surface area (Å²) >= 11 is 3.18. The van der Waals surface area contributed by atoms with Gasteiger partial charge in [-0.25, -0.2) is 9.78 Å². The first kappa shape index (κ1) is 10.4. The van der Waals surface area contributed by atoms with Crippen molar-refractivity contribution in [2.45, 2.75) is 18.8 Å². The molecule has 1 N–H and O–H groups in total. The lowest BCUT2D eigenvalue weighted by atomic mass is 10.2. The van der Waals surface area contributed by atoms with Gasteiger partial charge in [0.2, 0.25) is 5.88 Å². The topological polar surface area (TPSA) is 59.4 Å². The number of pyridine rings is 1. The van der Waals surface area contributed by atoms with Crippen LogP contribution in [-0.2, 0) is 0 Å². The van der Waals surface area contributed by atoms with Crippen molar-refractivity contribution in [3.63, 3.8) is 0 Å². The third kappa shape index (κ3) is 1.97. The average Bonchev–Trinajstić information content (AvgIpc) is 3.01. The van der Waals surface area contributed by atoms with Crippen LogP contribution in [0.25, 0.3) is 0 Å². The molecule has 1 heterocycles. The van der Waals surface area contributed by atoms with Gasteiger partial charge in [-0.05, 0) is 34.8 Å². The molecule has 1 aliphatic rings. The minimum atomic E-state index is -0.968. The number of aromatic carboxylic acids is 1. The van der Waals surface area contributed by atoms with Gasteiger partial charge >= 0.3 is 5.97 Å². The predicted molar refractivity (Wildman–Crippen MR) is 57.4 cm³/mol. The summed E-state index contributed by atoms with van der Waals surface area (Å²) in [6.07, 6.45) is 2.16. The monoisotopic (exact) mass is 271 g/mol. The fourth-order valence-corrected chi connectivity index (χ4v) is 1.94. The van der Waals surface area contributed by atoms with E-state index in [-0.39, 0.29) is 5.56 Å². The molecule has 1 saturated carbocycles. The molecule has 0 radical (unpaired) electrons. The number of halogens is 1. The minimum absolute atomic E-state index is 0.212. The van der Waals surface area contributed by atoms with Crippen LogP contribution in [0.1, 0.15) is 34.8 Å². The van der Waals surface area contributed by atoms with Crippen LogP contribution in [0.3, 0.4) is 0 Å². The number of hydrogen-bond donors (Lipinski definition) is 1. The van der Waals surface area contributed by atoms with E-state index < -0.39 is 5.97 Å². The summed E-state index contributed by atoms with van der Waals surface area (Å²) in [6, 6.07) is 1.62. The van der Waals surface area contributed by atoms with E-state index in [2.05, 4.69) is 20.9 Å². The van der Waals surface area contributed by atoms with Crippen molar-refractivity contribution in [2.75, 3.05) is 7.11 Å². The zero-order valence-corrected chi connectivity index (χ0v) is 9.74. The summed E-state index contributed by atoms with van der Waals surface area (Å²) in [4.78, 5) is 15.2. The number of carbonyl (C=O) groups is 1. The molecule has 0 spiro atoms. The molecule has 0 atom stereocenters. The van der Waals surface area contributed by atoms with Crippen molar-refractivity contribution in [3.8, 4) is 5.88 Å². The normalized spacial score (nSPS) is 15.1. The van der Waals surface area contributed by atoms with E-state index in [0.29, 0.717) is 16.3 Å². The van der Waals surface area contributed by atoms with Crippen molar-refractivity contribution in [2.24, 2.45) is 0 Å². The van der Waals surface area contributed by atoms with Crippen molar-refractivity contribution in [1.29, 1.82) is 0 Å². The number of hydrogen-bond acceptors (Lipinski definition) is 3. The Hall–Kier alpha value is -1.10. The Balaban J connectivity index is 2.52. The van der Waals surface area contributed by atoms with Crippen LogP contribution in [0.4, 0.5) is 0 Å².